The maximum absolute atomic E-state index is 12.0. The Hall–Kier alpha value is -1.75. The lowest BCUT2D eigenvalue weighted by Gasteiger charge is -2.25. The number of anilines is 1. The minimum Gasteiger partial charge on any atom is -0.398 e. The molecule has 1 aromatic carbocycles. The summed E-state index contributed by atoms with van der Waals surface area (Å²) in [6, 6.07) is 4.80. The average Bonchev–Trinajstić information content (AvgIpc) is 2.18. The highest BCUT2D eigenvalue weighted by atomic mass is 35.5. The van der Waals surface area contributed by atoms with Crippen LogP contribution < -0.4 is 16.8 Å². The van der Waals surface area contributed by atoms with Crippen LogP contribution in [0.4, 0.5) is 5.69 Å². The number of halogens is 1. The van der Waals surface area contributed by atoms with Gasteiger partial charge < -0.3 is 16.8 Å². The number of hydrogen-bond acceptors (Lipinski definition) is 3. The van der Waals surface area contributed by atoms with Crippen LogP contribution in [0.25, 0.3) is 0 Å². The summed E-state index contributed by atoms with van der Waals surface area (Å²) in [5.41, 5.74) is 10.6. The number of carbonyl (C=O) groups excluding carboxylic acids is 2. The van der Waals surface area contributed by atoms with Gasteiger partial charge in [0.2, 0.25) is 5.91 Å². The second-order valence-corrected chi connectivity index (χ2v) is 5.07. The first kappa shape index (κ1) is 14.3. The van der Waals surface area contributed by atoms with Gasteiger partial charge in [-0.2, -0.15) is 0 Å². The molecule has 0 bridgehead atoms. The minimum absolute atomic E-state index is 0.0404. The number of nitrogens with one attached hydrogen (secondary N) is 1. The molecule has 0 unspecified atom stereocenters. The Kier molecular flexibility index (Phi) is 4.19. The van der Waals surface area contributed by atoms with E-state index in [0.29, 0.717) is 5.69 Å². The zero-order chi connectivity index (χ0) is 13.9. The molecule has 6 heteroatoms. The summed E-state index contributed by atoms with van der Waals surface area (Å²) in [6.45, 7) is 3.41. The molecule has 0 saturated carbocycles. The van der Waals surface area contributed by atoms with Crippen molar-refractivity contribution in [3.8, 4) is 0 Å². The highest BCUT2D eigenvalue weighted by Gasteiger charge is 2.24. The Labute approximate surface area is 110 Å². The Morgan fingerprint density at radius 3 is 2.56 bits per heavy atom. The quantitative estimate of drug-likeness (QED) is 0.719. The van der Waals surface area contributed by atoms with Gasteiger partial charge in [-0.25, -0.2) is 0 Å². The molecule has 18 heavy (non-hydrogen) atoms. The molecule has 0 aliphatic heterocycles. The van der Waals surface area contributed by atoms with Gasteiger partial charge in [0.05, 0.1) is 16.3 Å². The number of benzene rings is 1. The smallest absolute Gasteiger partial charge is 0.253 e. The third-order valence-corrected chi connectivity index (χ3v) is 2.76. The predicted molar refractivity (Wildman–Crippen MR) is 71.2 cm³/mol. The Morgan fingerprint density at radius 2 is 2.00 bits per heavy atom. The summed E-state index contributed by atoms with van der Waals surface area (Å²) in [4.78, 5) is 22.9. The second-order valence-electron chi connectivity index (χ2n) is 4.69. The van der Waals surface area contributed by atoms with Gasteiger partial charge in [-0.05, 0) is 26.0 Å². The predicted octanol–water partition coefficient (Wildman–Crippen LogP) is 1.31. The van der Waals surface area contributed by atoms with Gasteiger partial charge in [0.1, 0.15) is 0 Å². The van der Waals surface area contributed by atoms with E-state index in [4.69, 9.17) is 23.1 Å². The SMILES string of the molecule is CC(C)(CC(N)=O)NC(=O)c1cccc(N)c1Cl. The summed E-state index contributed by atoms with van der Waals surface area (Å²) in [6.07, 6.45) is 0.0404. The molecule has 2 amide bonds. The third kappa shape index (κ3) is 3.63. The second kappa shape index (κ2) is 5.27. The van der Waals surface area contributed by atoms with Crippen molar-refractivity contribution in [2.75, 3.05) is 5.73 Å². The maximum Gasteiger partial charge on any atom is 0.253 e. The molecule has 0 fully saturated rings. The molecule has 1 rings (SSSR count). The molecule has 1 aromatic rings. The molecular weight excluding hydrogens is 254 g/mol. The number of nitrogen functional groups attached to an aromatic ring is 1. The zero-order valence-electron chi connectivity index (χ0n) is 10.3. The standard InChI is InChI=1S/C12H16ClN3O2/c1-12(2,6-9(15)17)16-11(18)7-4-3-5-8(14)10(7)13/h3-5H,6,14H2,1-2H3,(H2,15,17)(H,16,18). The van der Waals surface area contributed by atoms with E-state index >= 15 is 0 Å². The van der Waals surface area contributed by atoms with Crippen LogP contribution in [-0.2, 0) is 4.79 Å². The van der Waals surface area contributed by atoms with Crippen molar-refractivity contribution in [3.63, 3.8) is 0 Å². The minimum atomic E-state index is -0.739. The monoisotopic (exact) mass is 269 g/mol. The average molecular weight is 270 g/mol. The number of nitrogens with two attached hydrogens (primary N) is 2. The van der Waals surface area contributed by atoms with Crippen molar-refractivity contribution in [2.45, 2.75) is 25.8 Å². The van der Waals surface area contributed by atoms with Gasteiger partial charge in [0, 0.05) is 12.0 Å². The maximum atomic E-state index is 12.0. The fourth-order valence-corrected chi connectivity index (χ4v) is 1.79. The number of primary amides is 1. The fraction of sp³-hybridized carbons (Fsp3) is 0.333. The molecule has 0 spiro atoms. The van der Waals surface area contributed by atoms with Crippen molar-refractivity contribution in [1.29, 1.82) is 0 Å². The van der Waals surface area contributed by atoms with Crippen LogP contribution in [0.2, 0.25) is 5.02 Å². The van der Waals surface area contributed by atoms with Crippen molar-refractivity contribution in [3.05, 3.63) is 28.8 Å². The lowest BCUT2D eigenvalue weighted by molar-refractivity contribution is -0.119. The Balaban J connectivity index is 2.89. The van der Waals surface area contributed by atoms with Crippen LogP contribution in [-0.4, -0.2) is 17.4 Å². The molecule has 0 saturated heterocycles. The first-order valence-electron chi connectivity index (χ1n) is 5.38. The molecule has 98 valence electrons. The van der Waals surface area contributed by atoms with E-state index in [1.807, 2.05) is 0 Å². The van der Waals surface area contributed by atoms with Gasteiger partial charge in [0.15, 0.2) is 0 Å². The van der Waals surface area contributed by atoms with Crippen LogP contribution in [0.5, 0.6) is 0 Å². The number of hydrogen-bond donors (Lipinski definition) is 3. The number of rotatable bonds is 4. The molecule has 0 aliphatic carbocycles. The van der Waals surface area contributed by atoms with Crippen LogP contribution in [0.1, 0.15) is 30.6 Å². The molecule has 0 atom stereocenters. The lowest BCUT2D eigenvalue weighted by atomic mass is 9.99. The lowest BCUT2D eigenvalue weighted by Crippen LogP contribution is -2.46. The Morgan fingerprint density at radius 1 is 1.39 bits per heavy atom. The van der Waals surface area contributed by atoms with Crippen molar-refractivity contribution >= 4 is 29.1 Å². The first-order valence-corrected chi connectivity index (χ1v) is 5.75. The zero-order valence-corrected chi connectivity index (χ0v) is 11.0. The summed E-state index contributed by atoms with van der Waals surface area (Å²) in [5, 5.41) is 2.89. The van der Waals surface area contributed by atoms with Crippen molar-refractivity contribution in [1.82, 2.24) is 5.32 Å². The van der Waals surface area contributed by atoms with E-state index in [9.17, 15) is 9.59 Å². The molecule has 0 radical (unpaired) electrons. The summed E-state index contributed by atoms with van der Waals surface area (Å²) >= 11 is 5.95. The highest BCUT2D eigenvalue weighted by molar-refractivity contribution is 6.36. The van der Waals surface area contributed by atoms with E-state index in [2.05, 4.69) is 5.32 Å². The molecule has 5 nitrogen and oxygen atoms in total. The highest BCUT2D eigenvalue weighted by Crippen LogP contribution is 2.23. The third-order valence-electron chi connectivity index (χ3n) is 2.34. The largest absolute Gasteiger partial charge is 0.398 e. The fourth-order valence-electron chi connectivity index (χ4n) is 1.58. The van der Waals surface area contributed by atoms with Crippen LogP contribution in [0.3, 0.4) is 0 Å². The topological polar surface area (TPSA) is 98.2 Å². The van der Waals surface area contributed by atoms with Gasteiger partial charge in [0.25, 0.3) is 5.91 Å². The van der Waals surface area contributed by atoms with Gasteiger partial charge in [-0.1, -0.05) is 17.7 Å². The van der Waals surface area contributed by atoms with Crippen molar-refractivity contribution < 1.29 is 9.59 Å². The van der Waals surface area contributed by atoms with E-state index in [1.165, 1.54) is 0 Å². The van der Waals surface area contributed by atoms with E-state index in [-0.39, 0.29) is 17.0 Å². The van der Waals surface area contributed by atoms with Crippen LogP contribution in [0.15, 0.2) is 18.2 Å². The van der Waals surface area contributed by atoms with E-state index < -0.39 is 17.4 Å². The summed E-state index contributed by atoms with van der Waals surface area (Å²) in [7, 11) is 0. The van der Waals surface area contributed by atoms with E-state index in [0.717, 1.165) is 0 Å². The normalized spacial score (nSPS) is 11.1. The van der Waals surface area contributed by atoms with Crippen molar-refractivity contribution in [2.24, 2.45) is 5.73 Å². The number of carbonyl (C=O) groups is 2. The van der Waals surface area contributed by atoms with Crippen LogP contribution in [0, 0.1) is 0 Å². The molecule has 0 aromatic heterocycles. The van der Waals surface area contributed by atoms with E-state index in [1.54, 1.807) is 32.0 Å². The Bertz CT molecular complexity index is 486. The molecule has 5 N–H and O–H groups in total. The summed E-state index contributed by atoms with van der Waals surface area (Å²) in [5.74, 6) is -0.877. The van der Waals surface area contributed by atoms with Gasteiger partial charge in [-0.15, -0.1) is 0 Å². The van der Waals surface area contributed by atoms with Crippen LogP contribution >= 0.6 is 11.6 Å². The molecule has 0 aliphatic rings. The van der Waals surface area contributed by atoms with Gasteiger partial charge in [-0.3, -0.25) is 9.59 Å². The number of amides is 2. The molecule has 0 heterocycles. The van der Waals surface area contributed by atoms with Gasteiger partial charge >= 0.3 is 0 Å². The molecular formula is C12H16ClN3O2. The summed E-state index contributed by atoms with van der Waals surface area (Å²) < 4.78 is 0. The first-order chi connectivity index (χ1) is 8.23.